The van der Waals surface area contributed by atoms with Crippen molar-refractivity contribution in [2.24, 2.45) is 0 Å². The maximum absolute atomic E-state index is 3.46. The van der Waals surface area contributed by atoms with E-state index in [0.29, 0.717) is 0 Å². The largest absolute Gasteiger partial charge is 0.0883 e. The topological polar surface area (TPSA) is 0 Å². The van der Waals surface area contributed by atoms with Gasteiger partial charge in [-0.3, -0.25) is 0 Å². The Kier molecular flexibility index (Phi) is 4.02. The van der Waals surface area contributed by atoms with Crippen molar-refractivity contribution < 1.29 is 0 Å². The van der Waals surface area contributed by atoms with E-state index in [4.69, 9.17) is 0 Å². The van der Waals surface area contributed by atoms with Gasteiger partial charge in [0.25, 0.3) is 0 Å². The van der Waals surface area contributed by atoms with E-state index in [2.05, 4.69) is 69.1 Å². The summed E-state index contributed by atoms with van der Waals surface area (Å²) in [5.41, 5.74) is 2.51. The number of alkyl halides is 1. The Balaban J connectivity index is 2.93. The minimum atomic E-state index is 0.901. The first-order chi connectivity index (χ1) is 5.72. The monoisotopic (exact) mass is 288 g/mol. The number of benzene rings is 1. The van der Waals surface area contributed by atoms with Crippen molar-refractivity contribution in [3.63, 3.8) is 0 Å². The van der Waals surface area contributed by atoms with E-state index in [1.807, 2.05) is 0 Å². The van der Waals surface area contributed by atoms with Gasteiger partial charge < -0.3 is 0 Å². The van der Waals surface area contributed by atoms with E-state index < -0.39 is 0 Å². The van der Waals surface area contributed by atoms with Crippen LogP contribution in [-0.2, 0) is 0 Å². The van der Waals surface area contributed by atoms with Crippen LogP contribution in [0.1, 0.15) is 11.1 Å². The molecule has 1 aromatic rings. The quantitative estimate of drug-likeness (QED) is 0.717. The molecule has 0 spiro atoms. The van der Waals surface area contributed by atoms with Gasteiger partial charge in [0.1, 0.15) is 0 Å². The van der Waals surface area contributed by atoms with Crippen LogP contribution < -0.4 is 0 Å². The van der Waals surface area contributed by atoms with E-state index in [1.165, 1.54) is 11.1 Å². The molecule has 0 nitrogen and oxygen atoms in total. The molecule has 0 radical (unpaired) electrons. The molecule has 0 saturated heterocycles. The number of hydrogen-bond donors (Lipinski definition) is 0. The first kappa shape index (κ1) is 10.0. The molecule has 0 aliphatic carbocycles. The molecule has 2 heteroatoms. The Labute approximate surface area is 89.9 Å². The van der Waals surface area contributed by atoms with Crippen LogP contribution in [0.3, 0.4) is 0 Å². The van der Waals surface area contributed by atoms with Gasteiger partial charge in [0.05, 0.1) is 0 Å². The van der Waals surface area contributed by atoms with E-state index in [-0.39, 0.29) is 0 Å². The lowest BCUT2D eigenvalue weighted by atomic mass is 10.1. The molecule has 0 saturated carbocycles. The predicted molar refractivity (Wildman–Crippen MR) is 61.7 cm³/mol. The molecule has 0 N–H and O–H groups in total. The van der Waals surface area contributed by atoms with Crippen molar-refractivity contribution in [3.05, 3.63) is 39.9 Å². The third-order valence-corrected chi connectivity index (χ3v) is 2.30. The summed E-state index contributed by atoms with van der Waals surface area (Å²) in [6, 6.07) is 6.36. The van der Waals surface area contributed by atoms with E-state index in [0.717, 1.165) is 9.80 Å². The first-order valence-corrected chi connectivity index (χ1v) is 5.63. The van der Waals surface area contributed by atoms with Crippen LogP contribution in [0.25, 0.3) is 6.08 Å². The van der Waals surface area contributed by atoms with E-state index in [1.54, 1.807) is 0 Å². The van der Waals surface area contributed by atoms with Crippen molar-refractivity contribution in [1.29, 1.82) is 0 Å². The zero-order valence-corrected chi connectivity index (χ0v) is 10.0. The summed E-state index contributed by atoms with van der Waals surface area (Å²) in [5, 5.41) is 0.901. The van der Waals surface area contributed by atoms with Gasteiger partial charge in [-0.15, -0.1) is 0 Å². The van der Waals surface area contributed by atoms with Gasteiger partial charge in [0, 0.05) is 9.80 Å². The molecule has 12 heavy (non-hydrogen) atoms. The highest BCUT2D eigenvalue weighted by Gasteiger charge is 1.91. The molecule has 0 unspecified atom stereocenters. The number of allylic oxidation sites excluding steroid dienone is 1. The molecule has 0 aromatic heterocycles. The Morgan fingerprint density at radius 2 is 2.08 bits per heavy atom. The van der Waals surface area contributed by atoms with Crippen LogP contribution in [0.5, 0.6) is 0 Å². The van der Waals surface area contributed by atoms with Gasteiger partial charge in [-0.05, 0) is 30.2 Å². The molecule has 1 rings (SSSR count). The van der Waals surface area contributed by atoms with Crippen LogP contribution in [0, 0.1) is 6.92 Å². The van der Waals surface area contributed by atoms with Crippen LogP contribution in [-0.4, -0.2) is 5.33 Å². The van der Waals surface area contributed by atoms with E-state index >= 15 is 0 Å². The summed E-state index contributed by atoms with van der Waals surface area (Å²) in [6.07, 6.45) is 4.19. The van der Waals surface area contributed by atoms with Gasteiger partial charge in [-0.1, -0.05) is 50.1 Å². The van der Waals surface area contributed by atoms with Crippen molar-refractivity contribution in [3.8, 4) is 0 Å². The highest BCUT2D eigenvalue weighted by molar-refractivity contribution is 9.10. The summed E-state index contributed by atoms with van der Waals surface area (Å²) in [5.74, 6) is 0. The fourth-order valence-corrected chi connectivity index (χ4v) is 1.85. The first-order valence-electron chi connectivity index (χ1n) is 3.72. The highest BCUT2D eigenvalue weighted by Crippen LogP contribution is 2.16. The SMILES string of the molecule is Cc1cc(Br)cc(C=CCBr)c1. The Morgan fingerprint density at radius 3 is 2.67 bits per heavy atom. The Hall–Kier alpha value is -0.0800. The maximum Gasteiger partial charge on any atom is 0.0215 e. The Bertz CT molecular complexity index is 270. The molecule has 64 valence electrons. The van der Waals surface area contributed by atoms with Gasteiger partial charge >= 0.3 is 0 Å². The van der Waals surface area contributed by atoms with E-state index in [9.17, 15) is 0 Å². The standard InChI is InChI=1S/C10H10Br2/c1-8-5-9(3-2-4-11)7-10(12)6-8/h2-3,5-7H,4H2,1H3. The lowest BCUT2D eigenvalue weighted by Crippen LogP contribution is -1.76. The minimum Gasteiger partial charge on any atom is -0.0883 e. The summed E-state index contributed by atoms with van der Waals surface area (Å²) in [6.45, 7) is 2.09. The fourth-order valence-electron chi connectivity index (χ4n) is 1.04. The zero-order chi connectivity index (χ0) is 8.97. The van der Waals surface area contributed by atoms with Crippen LogP contribution in [0.2, 0.25) is 0 Å². The zero-order valence-electron chi connectivity index (χ0n) is 6.85. The molecule has 0 aliphatic heterocycles. The molecular weight excluding hydrogens is 280 g/mol. The highest BCUT2D eigenvalue weighted by atomic mass is 79.9. The fraction of sp³-hybridized carbons (Fsp3) is 0.200. The number of hydrogen-bond acceptors (Lipinski definition) is 0. The van der Waals surface area contributed by atoms with Gasteiger partial charge in [0.2, 0.25) is 0 Å². The summed E-state index contributed by atoms with van der Waals surface area (Å²) >= 11 is 6.80. The summed E-state index contributed by atoms with van der Waals surface area (Å²) in [7, 11) is 0. The number of rotatable bonds is 2. The van der Waals surface area contributed by atoms with Crippen molar-refractivity contribution in [2.75, 3.05) is 5.33 Å². The normalized spacial score (nSPS) is 10.9. The van der Waals surface area contributed by atoms with Crippen LogP contribution >= 0.6 is 31.9 Å². The molecule has 0 bridgehead atoms. The lowest BCUT2D eigenvalue weighted by Gasteiger charge is -1.97. The second-order valence-corrected chi connectivity index (χ2v) is 4.18. The van der Waals surface area contributed by atoms with Gasteiger partial charge in [0.15, 0.2) is 0 Å². The van der Waals surface area contributed by atoms with Crippen LogP contribution in [0.4, 0.5) is 0 Å². The Morgan fingerprint density at radius 1 is 1.33 bits per heavy atom. The summed E-state index contributed by atoms with van der Waals surface area (Å²) < 4.78 is 1.14. The average molecular weight is 290 g/mol. The second-order valence-electron chi connectivity index (χ2n) is 2.62. The van der Waals surface area contributed by atoms with Crippen molar-refractivity contribution in [2.45, 2.75) is 6.92 Å². The smallest absolute Gasteiger partial charge is 0.0215 e. The van der Waals surface area contributed by atoms with Gasteiger partial charge in [-0.25, -0.2) is 0 Å². The number of aryl methyl sites for hydroxylation is 1. The second kappa shape index (κ2) is 4.83. The van der Waals surface area contributed by atoms with Gasteiger partial charge in [-0.2, -0.15) is 0 Å². The third kappa shape index (κ3) is 3.11. The molecule has 0 heterocycles. The molecule has 0 amide bonds. The molecule has 0 fully saturated rings. The van der Waals surface area contributed by atoms with Crippen molar-refractivity contribution >= 4 is 37.9 Å². The molecule has 0 atom stereocenters. The average Bonchev–Trinajstić information content (AvgIpc) is 1.99. The van der Waals surface area contributed by atoms with Crippen LogP contribution in [0.15, 0.2) is 28.7 Å². The lowest BCUT2D eigenvalue weighted by molar-refractivity contribution is 1.44. The summed E-state index contributed by atoms with van der Waals surface area (Å²) in [4.78, 5) is 0. The molecule has 1 aromatic carbocycles. The predicted octanol–water partition coefficient (Wildman–Crippen LogP) is 4.17. The van der Waals surface area contributed by atoms with Crippen molar-refractivity contribution in [1.82, 2.24) is 0 Å². The molecular formula is C10H10Br2. The minimum absolute atomic E-state index is 0.901. The third-order valence-electron chi connectivity index (χ3n) is 1.46. The molecule has 0 aliphatic rings. The number of halogens is 2. The maximum atomic E-state index is 3.46.